The molecule has 0 radical (unpaired) electrons. The Labute approximate surface area is 117 Å². The van der Waals surface area contributed by atoms with E-state index in [1.807, 2.05) is 0 Å². The van der Waals surface area contributed by atoms with Gasteiger partial charge in [-0.2, -0.15) is 0 Å². The topological polar surface area (TPSA) is 92.7 Å². The van der Waals surface area contributed by atoms with E-state index in [0.717, 1.165) is 6.42 Å². The molecule has 1 atom stereocenters. The van der Waals surface area contributed by atoms with Gasteiger partial charge in [-0.05, 0) is 12.5 Å². The third-order valence-corrected chi connectivity index (χ3v) is 3.44. The molecule has 108 valence electrons. The largest absolute Gasteiger partial charge is 0.360 e. The molecule has 1 amide bonds. The number of likely N-dealkylation sites (tertiary alicyclic amines) is 1. The van der Waals surface area contributed by atoms with Crippen molar-refractivity contribution < 1.29 is 9.72 Å². The van der Waals surface area contributed by atoms with Crippen molar-refractivity contribution in [2.75, 3.05) is 31.6 Å². The average Bonchev–Trinajstić information content (AvgIpc) is 2.85. The third-order valence-electron chi connectivity index (χ3n) is 3.44. The number of hydrogen-bond acceptors (Lipinski definition) is 5. The Hall–Kier alpha value is -2.15. The molecule has 0 bridgehead atoms. The van der Waals surface area contributed by atoms with Gasteiger partial charge in [0.15, 0.2) is 0 Å². The molecule has 1 saturated heterocycles. The van der Waals surface area contributed by atoms with Gasteiger partial charge in [0.25, 0.3) is 5.69 Å². The van der Waals surface area contributed by atoms with E-state index in [2.05, 4.69) is 0 Å². The van der Waals surface area contributed by atoms with E-state index in [1.54, 1.807) is 35.0 Å². The van der Waals surface area contributed by atoms with Gasteiger partial charge in [0.1, 0.15) is 5.69 Å². The second-order valence-electron chi connectivity index (χ2n) is 4.99. The number of carbonyl (C=O) groups is 1. The molecule has 2 rings (SSSR count). The Morgan fingerprint density at radius 1 is 1.55 bits per heavy atom. The molecule has 0 saturated carbocycles. The zero-order valence-electron chi connectivity index (χ0n) is 11.4. The summed E-state index contributed by atoms with van der Waals surface area (Å²) in [4.78, 5) is 26.0. The standard InChI is InChI=1S/C13H18N4O3/c1-15(9-13(18)16-7-6-10(14)8-16)11-4-2-3-5-12(11)17(19)20/h2-5,10H,6-9,14H2,1H3/t10-/m1/s1. The fraction of sp³-hybridized carbons (Fsp3) is 0.462. The Morgan fingerprint density at radius 3 is 2.85 bits per heavy atom. The third kappa shape index (κ3) is 3.05. The molecule has 1 heterocycles. The van der Waals surface area contributed by atoms with Crippen molar-refractivity contribution in [3.63, 3.8) is 0 Å². The summed E-state index contributed by atoms with van der Waals surface area (Å²) in [6.07, 6.45) is 0.806. The number of rotatable bonds is 4. The molecule has 7 heteroatoms. The summed E-state index contributed by atoms with van der Waals surface area (Å²) in [6, 6.07) is 6.44. The molecule has 7 nitrogen and oxygen atoms in total. The number of para-hydroxylation sites is 2. The summed E-state index contributed by atoms with van der Waals surface area (Å²) < 4.78 is 0. The van der Waals surface area contributed by atoms with Crippen LogP contribution in [0.4, 0.5) is 11.4 Å². The Kier molecular flexibility index (Phi) is 4.19. The summed E-state index contributed by atoms with van der Waals surface area (Å²) in [5.74, 6) is -0.0569. The zero-order chi connectivity index (χ0) is 14.7. The van der Waals surface area contributed by atoms with Crippen molar-refractivity contribution in [1.29, 1.82) is 0 Å². The van der Waals surface area contributed by atoms with Crippen molar-refractivity contribution in [1.82, 2.24) is 4.90 Å². The van der Waals surface area contributed by atoms with Crippen LogP contribution in [0.25, 0.3) is 0 Å². The Morgan fingerprint density at radius 2 is 2.25 bits per heavy atom. The molecular formula is C13H18N4O3. The van der Waals surface area contributed by atoms with Crippen LogP contribution in [0.15, 0.2) is 24.3 Å². The van der Waals surface area contributed by atoms with E-state index in [9.17, 15) is 14.9 Å². The van der Waals surface area contributed by atoms with E-state index in [0.29, 0.717) is 18.8 Å². The van der Waals surface area contributed by atoms with Crippen LogP contribution in [0.2, 0.25) is 0 Å². The van der Waals surface area contributed by atoms with Crippen LogP contribution in [0, 0.1) is 10.1 Å². The predicted octanol–water partition coefficient (Wildman–Crippen LogP) is 0.591. The first kappa shape index (κ1) is 14.3. The maximum atomic E-state index is 12.1. The second-order valence-corrected chi connectivity index (χ2v) is 4.99. The minimum Gasteiger partial charge on any atom is -0.360 e. The SMILES string of the molecule is CN(CC(=O)N1CC[C@@H](N)C1)c1ccccc1[N+](=O)[O-]. The van der Waals surface area contributed by atoms with Crippen LogP contribution in [-0.4, -0.2) is 48.5 Å². The smallest absolute Gasteiger partial charge is 0.292 e. The first-order valence-electron chi connectivity index (χ1n) is 6.47. The van der Waals surface area contributed by atoms with Gasteiger partial charge < -0.3 is 15.5 Å². The lowest BCUT2D eigenvalue weighted by Gasteiger charge is -2.22. The number of benzene rings is 1. The molecule has 20 heavy (non-hydrogen) atoms. The molecule has 1 aromatic rings. The number of amides is 1. The van der Waals surface area contributed by atoms with Gasteiger partial charge in [-0.15, -0.1) is 0 Å². The van der Waals surface area contributed by atoms with Crippen LogP contribution in [0.3, 0.4) is 0 Å². The number of nitrogens with two attached hydrogens (primary N) is 1. The molecule has 1 aliphatic heterocycles. The lowest BCUT2D eigenvalue weighted by Crippen LogP contribution is -2.39. The molecule has 1 fully saturated rings. The summed E-state index contributed by atoms with van der Waals surface area (Å²) in [6.45, 7) is 1.33. The monoisotopic (exact) mass is 278 g/mol. The molecule has 1 aliphatic rings. The van der Waals surface area contributed by atoms with Crippen LogP contribution in [0.5, 0.6) is 0 Å². The van der Waals surface area contributed by atoms with Crippen LogP contribution in [0.1, 0.15) is 6.42 Å². The highest BCUT2D eigenvalue weighted by atomic mass is 16.6. The summed E-state index contributed by atoms with van der Waals surface area (Å²) >= 11 is 0. The number of anilines is 1. The number of nitro benzene ring substituents is 1. The first-order valence-corrected chi connectivity index (χ1v) is 6.47. The van der Waals surface area contributed by atoms with Crippen molar-refractivity contribution in [2.45, 2.75) is 12.5 Å². The molecule has 0 spiro atoms. The molecule has 0 aliphatic carbocycles. The number of hydrogen-bond donors (Lipinski definition) is 1. The van der Waals surface area contributed by atoms with E-state index >= 15 is 0 Å². The van der Waals surface area contributed by atoms with Crippen molar-refractivity contribution in [3.8, 4) is 0 Å². The van der Waals surface area contributed by atoms with Gasteiger partial charge in [0, 0.05) is 32.2 Å². The first-order chi connectivity index (χ1) is 9.49. The van der Waals surface area contributed by atoms with E-state index in [-0.39, 0.29) is 24.2 Å². The van der Waals surface area contributed by atoms with Gasteiger partial charge >= 0.3 is 0 Å². The second kappa shape index (κ2) is 5.87. The van der Waals surface area contributed by atoms with Gasteiger partial charge in [-0.25, -0.2) is 0 Å². The van der Waals surface area contributed by atoms with Crippen LogP contribution in [-0.2, 0) is 4.79 Å². The van der Waals surface area contributed by atoms with E-state index < -0.39 is 4.92 Å². The number of nitro groups is 1. The van der Waals surface area contributed by atoms with E-state index in [1.165, 1.54) is 6.07 Å². The van der Waals surface area contributed by atoms with Gasteiger partial charge in [-0.1, -0.05) is 12.1 Å². The number of carbonyl (C=O) groups excluding carboxylic acids is 1. The molecular weight excluding hydrogens is 260 g/mol. The van der Waals surface area contributed by atoms with Crippen molar-refractivity contribution in [2.24, 2.45) is 5.73 Å². The quantitative estimate of drug-likeness (QED) is 0.642. The van der Waals surface area contributed by atoms with Gasteiger partial charge in [-0.3, -0.25) is 14.9 Å². The molecule has 0 aromatic heterocycles. The number of likely N-dealkylation sites (N-methyl/N-ethyl adjacent to an activating group) is 1. The molecule has 1 aromatic carbocycles. The highest BCUT2D eigenvalue weighted by Crippen LogP contribution is 2.26. The Bertz CT molecular complexity index is 520. The summed E-state index contributed by atoms with van der Waals surface area (Å²) in [5, 5.41) is 11.0. The van der Waals surface area contributed by atoms with Crippen LogP contribution >= 0.6 is 0 Å². The minimum atomic E-state index is -0.442. The Balaban J connectivity index is 2.07. The summed E-state index contributed by atoms with van der Waals surface area (Å²) in [5.41, 5.74) is 6.21. The zero-order valence-corrected chi connectivity index (χ0v) is 11.4. The predicted molar refractivity (Wildman–Crippen MR) is 75.5 cm³/mol. The normalized spacial score (nSPS) is 18.1. The maximum Gasteiger partial charge on any atom is 0.292 e. The maximum absolute atomic E-state index is 12.1. The summed E-state index contributed by atoms with van der Waals surface area (Å²) in [7, 11) is 1.68. The van der Waals surface area contributed by atoms with Crippen molar-refractivity contribution >= 4 is 17.3 Å². The van der Waals surface area contributed by atoms with Gasteiger partial charge in [0.2, 0.25) is 5.91 Å². The van der Waals surface area contributed by atoms with E-state index in [4.69, 9.17) is 5.73 Å². The fourth-order valence-electron chi connectivity index (χ4n) is 2.34. The van der Waals surface area contributed by atoms with Crippen LogP contribution < -0.4 is 10.6 Å². The highest BCUT2D eigenvalue weighted by molar-refractivity contribution is 5.82. The van der Waals surface area contributed by atoms with Crippen molar-refractivity contribution in [3.05, 3.63) is 34.4 Å². The molecule has 2 N–H and O–H groups in total. The lowest BCUT2D eigenvalue weighted by atomic mass is 10.2. The minimum absolute atomic E-state index is 0.000855. The highest BCUT2D eigenvalue weighted by Gasteiger charge is 2.25. The van der Waals surface area contributed by atoms with Gasteiger partial charge in [0.05, 0.1) is 11.5 Å². The number of nitrogens with zero attached hydrogens (tertiary/aromatic N) is 3. The average molecular weight is 278 g/mol. The fourth-order valence-corrected chi connectivity index (χ4v) is 2.34. The molecule has 0 unspecified atom stereocenters. The lowest BCUT2D eigenvalue weighted by molar-refractivity contribution is -0.384.